The van der Waals surface area contributed by atoms with E-state index in [1.54, 1.807) is 0 Å². The monoisotopic (exact) mass is 219 g/mol. The van der Waals surface area contributed by atoms with Crippen molar-refractivity contribution in [2.24, 2.45) is 0 Å². The van der Waals surface area contributed by atoms with E-state index in [9.17, 15) is 5.11 Å². The summed E-state index contributed by atoms with van der Waals surface area (Å²) >= 11 is 0. The maximum Gasteiger partial charge on any atom is 0.0994 e. The molecule has 1 aliphatic rings. The fourth-order valence-electron chi connectivity index (χ4n) is 2.22. The van der Waals surface area contributed by atoms with Gasteiger partial charge in [-0.1, -0.05) is 37.3 Å². The largest absolute Gasteiger partial charge is 0.384 e. The lowest BCUT2D eigenvalue weighted by atomic mass is 9.95. The van der Waals surface area contributed by atoms with Crippen LogP contribution in [-0.2, 0) is 5.60 Å². The van der Waals surface area contributed by atoms with Crippen LogP contribution in [0.3, 0.4) is 0 Å². The Labute approximate surface area is 97.9 Å². The summed E-state index contributed by atoms with van der Waals surface area (Å²) in [5, 5.41) is 10.5. The number of benzene rings is 1. The molecule has 0 radical (unpaired) electrons. The molecule has 1 N–H and O–H groups in total. The van der Waals surface area contributed by atoms with Crippen LogP contribution < -0.4 is 0 Å². The zero-order valence-corrected chi connectivity index (χ0v) is 10.2. The minimum atomic E-state index is -0.736. The van der Waals surface area contributed by atoms with Crippen molar-refractivity contribution in [1.29, 1.82) is 0 Å². The molecular formula is C14H21NO. The SMILES string of the molecule is CCN(CC(C)(O)c1ccccc1)C1CC1. The lowest BCUT2D eigenvalue weighted by Gasteiger charge is -2.31. The van der Waals surface area contributed by atoms with Gasteiger partial charge in [0.1, 0.15) is 0 Å². The summed E-state index contributed by atoms with van der Waals surface area (Å²) in [5.41, 5.74) is 0.272. The Morgan fingerprint density at radius 1 is 1.31 bits per heavy atom. The highest BCUT2D eigenvalue weighted by molar-refractivity contribution is 5.22. The van der Waals surface area contributed by atoms with Crippen LogP contribution in [-0.4, -0.2) is 29.1 Å². The molecule has 1 atom stereocenters. The molecule has 1 aliphatic carbocycles. The van der Waals surface area contributed by atoms with Gasteiger partial charge in [-0.15, -0.1) is 0 Å². The highest BCUT2D eigenvalue weighted by Gasteiger charge is 2.33. The highest BCUT2D eigenvalue weighted by Crippen LogP contribution is 2.30. The zero-order chi connectivity index (χ0) is 11.6. The van der Waals surface area contributed by atoms with Gasteiger partial charge in [0.2, 0.25) is 0 Å². The second kappa shape index (κ2) is 4.56. The molecular weight excluding hydrogens is 198 g/mol. The summed E-state index contributed by atoms with van der Waals surface area (Å²) in [7, 11) is 0. The molecule has 0 bridgehead atoms. The number of aliphatic hydroxyl groups is 1. The highest BCUT2D eigenvalue weighted by atomic mass is 16.3. The van der Waals surface area contributed by atoms with Crippen molar-refractivity contribution in [3.05, 3.63) is 35.9 Å². The fourth-order valence-corrected chi connectivity index (χ4v) is 2.22. The second-order valence-corrected chi connectivity index (χ2v) is 4.93. The molecule has 0 aromatic heterocycles. The van der Waals surface area contributed by atoms with Gasteiger partial charge in [0.25, 0.3) is 0 Å². The summed E-state index contributed by atoms with van der Waals surface area (Å²) in [6, 6.07) is 10.7. The summed E-state index contributed by atoms with van der Waals surface area (Å²) in [6.07, 6.45) is 2.58. The molecule has 88 valence electrons. The van der Waals surface area contributed by atoms with E-state index in [0.29, 0.717) is 6.04 Å². The molecule has 1 aromatic rings. The summed E-state index contributed by atoms with van der Waals surface area (Å²) in [4.78, 5) is 2.38. The summed E-state index contributed by atoms with van der Waals surface area (Å²) in [5.74, 6) is 0. The van der Waals surface area contributed by atoms with Crippen molar-refractivity contribution in [3.63, 3.8) is 0 Å². The van der Waals surface area contributed by atoms with Crippen LogP contribution in [0, 0.1) is 0 Å². The molecule has 2 heteroatoms. The van der Waals surface area contributed by atoms with Gasteiger partial charge in [-0.05, 0) is 31.9 Å². The molecule has 16 heavy (non-hydrogen) atoms. The van der Waals surface area contributed by atoms with E-state index in [1.807, 2.05) is 37.3 Å². The summed E-state index contributed by atoms with van der Waals surface area (Å²) in [6.45, 7) is 5.83. The second-order valence-electron chi connectivity index (χ2n) is 4.93. The fraction of sp³-hybridized carbons (Fsp3) is 0.571. The third-order valence-electron chi connectivity index (χ3n) is 3.38. The third kappa shape index (κ3) is 2.63. The molecule has 2 nitrogen and oxygen atoms in total. The van der Waals surface area contributed by atoms with Gasteiger partial charge in [0, 0.05) is 12.6 Å². The average Bonchev–Trinajstić information content (AvgIpc) is 3.11. The van der Waals surface area contributed by atoms with Gasteiger partial charge in [0.05, 0.1) is 5.60 Å². The van der Waals surface area contributed by atoms with E-state index < -0.39 is 5.60 Å². The molecule has 1 saturated carbocycles. The van der Waals surface area contributed by atoms with Gasteiger partial charge in [-0.2, -0.15) is 0 Å². The van der Waals surface area contributed by atoms with Crippen LogP contribution in [0.25, 0.3) is 0 Å². The Hall–Kier alpha value is -0.860. The van der Waals surface area contributed by atoms with Crippen LogP contribution in [0.4, 0.5) is 0 Å². The normalized spacial score (nSPS) is 19.8. The predicted octanol–water partition coefficient (Wildman–Crippen LogP) is 2.38. The molecule has 0 heterocycles. The average molecular weight is 219 g/mol. The molecule has 1 aromatic carbocycles. The number of hydrogen-bond acceptors (Lipinski definition) is 2. The number of rotatable bonds is 5. The minimum Gasteiger partial charge on any atom is -0.384 e. The Morgan fingerprint density at radius 2 is 1.94 bits per heavy atom. The van der Waals surface area contributed by atoms with Gasteiger partial charge in [-0.3, -0.25) is 4.90 Å². The maximum absolute atomic E-state index is 10.5. The molecule has 0 aliphatic heterocycles. The van der Waals surface area contributed by atoms with Crippen molar-refractivity contribution in [1.82, 2.24) is 4.90 Å². The number of nitrogens with zero attached hydrogens (tertiary/aromatic N) is 1. The van der Waals surface area contributed by atoms with E-state index in [2.05, 4.69) is 11.8 Å². The first kappa shape index (κ1) is 11.6. The smallest absolute Gasteiger partial charge is 0.0994 e. The van der Waals surface area contributed by atoms with Gasteiger partial charge >= 0.3 is 0 Å². The third-order valence-corrected chi connectivity index (χ3v) is 3.38. The van der Waals surface area contributed by atoms with Crippen molar-refractivity contribution in [3.8, 4) is 0 Å². The molecule has 1 unspecified atom stereocenters. The first-order chi connectivity index (χ1) is 7.63. The van der Waals surface area contributed by atoms with Crippen LogP contribution >= 0.6 is 0 Å². The van der Waals surface area contributed by atoms with Crippen molar-refractivity contribution < 1.29 is 5.11 Å². The number of hydrogen-bond donors (Lipinski definition) is 1. The Morgan fingerprint density at radius 3 is 2.44 bits per heavy atom. The van der Waals surface area contributed by atoms with Gasteiger partial charge in [-0.25, -0.2) is 0 Å². The molecule has 0 spiro atoms. The van der Waals surface area contributed by atoms with Gasteiger partial charge < -0.3 is 5.11 Å². The Bertz CT molecular complexity index is 330. The van der Waals surface area contributed by atoms with Crippen molar-refractivity contribution in [2.75, 3.05) is 13.1 Å². The standard InChI is InChI=1S/C14H21NO/c1-3-15(13-9-10-13)11-14(2,16)12-7-5-4-6-8-12/h4-8,13,16H,3,9-11H2,1-2H3. The number of likely N-dealkylation sites (N-methyl/N-ethyl adjacent to an activating group) is 1. The van der Waals surface area contributed by atoms with E-state index in [1.165, 1.54) is 12.8 Å². The van der Waals surface area contributed by atoms with Crippen molar-refractivity contribution in [2.45, 2.75) is 38.3 Å². The van der Waals surface area contributed by atoms with E-state index in [-0.39, 0.29) is 0 Å². The van der Waals surface area contributed by atoms with E-state index in [0.717, 1.165) is 18.7 Å². The first-order valence-corrected chi connectivity index (χ1v) is 6.15. The first-order valence-electron chi connectivity index (χ1n) is 6.15. The lowest BCUT2D eigenvalue weighted by Crippen LogP contribution is -2.40. The van der Waals surface area contributed by atoms with Crippen LogP contribution in [0.1, 0.15) is 32.3 Å². The molecule has 0 amide bonds. The van der Waals surface area contributed by atoms with E-state index >= 15 is 0 Å². The molecule has 2 rings (SSSR count). The van der Waals surface area contributed by atoms with Crippen molar-refractivity contribution >= 4 is 0 Å². The maximum atomic E-state index is 10.5. The van der Waals surface area contributed by atoms with Crippen LogP contribution in [0.5, 0.6) is 0 Å². The Kier molecular flexibility index (Phi) is 3.31. The zero-order valence-electron chi connectivity index (χ0n) is 10.2. The molecule has 1 fully saturated rings. The minimum absolute atomic E-state index is 0.709. The summed E-state index contributed by atoms with van der Waals surface area (Å²) < 4.78 is 0. The molecule has 0 saturated heterocycles. The van der Waals surface area contributed by atoms with Gasteiger partial charge in [0.15, 0.2) is 0 Å². The lowest BCUT2D eigenvalue weighted by molar-refractivity contribution is 0.0147. The van der Waals surface area contributed by atoms with E-state index in [4.69, 9.17) is 0 Å². The van der Waals surface area contributed by atoms with Crippen LogP contribution in [0.2, 0.25) is 0 Å². The quantitative estimate of drug-likeness (QED) is 0.822. The van der Waals surface area contributed by atoms with Crippen LogP contribution in [0.15, 0.2) is 30.3 Å². The topological polar surface area (TPSA) is 23.5 Å². The predicted molar refractivity (Wildman–Crippen MR) is 66.3 cm³/mol. The Balaban J connectivity index is 2.06.